The van der Waals surface area contributed by atoms with E-state index in [-0.39, 0.29) is 17.4 Å². The Labute approximate surface area is 252 Å². The second-order valence-corrected chi connectivity index (χ2v) is 11.9. The van der Waals surface area contributed by atoms with Crippen LogP contribution in [0.1, 0.15) is 40.8 Å². The van der Waals surface area contributed by atoms with Crippen LogP contribution >= 0.6 is 11.3 Å². The number of amides is 1. The maximum absolute atomic E-state index is 13.7. The van der Waals surface area contributed by atoms with Crippen molar-refractivity contribution < 1.29 is 24.2 Å². The first-order valence-corrected chi connectivity index (χ1v) is 14.9. The first-order chi connectivity index (χ1) is 20.9. The summed E-state index contributed by atoms with van der Waals surface area (Å²) in [5.41, 5.74) is 4.93. The van der Waals surface area contributed by atoms with Crippen LogP contribution in [0.15, 0.2) is 96.6 Å². The van der Waals surface area contributed by atoms with Gasteiger partial charge in [-0.05, 0) is 78.6 Å². The topological polar surface area (TPSA) is 89.0 Å². The van der Waals surface area contributed by atoms with Crippen molar-refractivity contribution >= 4 is 44.1 Å². The number of hydrogen-bond acceptors (Lipinski definition) is 7. The summed E-state index contributed by atoms with van der Waals surface area (Å²) in [5.74, 6) is -0.309. The fourth-order valence-electron chi connectivity index (χ4n) is 5.68. The van der Waals surface area contributed by atoms with Crippen molar-refractivity contribution in [3.05, 3.63) is 124 Å². The SMILES string of the molecule is Cc1ccc2nc(N3C(=O)C(=O)C(=C(O)c4ccc5c(c4)CC(C)O5)C3c3ccc(OCc4ccccc4)cc3)sc2c1. The molecule has 0 spiro atoms. The second kappa shape index (κ2) is 10.7. The molecular formula is C35H28N2O5S. The van der Waals surface area contributed by atoms with Crippen LogP contribution < -0.4 is 14.4 Å². The lowest BCUT2D eigenvalue weighted by molar-refractivity contribution is -0.132. The van der Waals surface area contributed by atoms with Gasteiger partial charge in [-0.25, -0.2) is 4.98 Å². The molecule has 43 heavy (non-hydrogen) atoms. The molecule has 7 nitrogen and oxygen atoms in total. The number of carbonyl (C=O) groups is 2. The largest absolute Gasteiger partial charge is 0.507 e. The lowest BCUT2D eigenvalue weighted by Gasteiger charge is -2.23. The van der Waals surface area contributed by atoms with Crippen LogP contribution in [0.3, 0.4) is 0 Å². The number of carbonyl (C=O) groups excluding carboxylic acids is 2. The molecule has 7 rings (SSSR count). The predicted octanol–water partition coefficient (Wildman–Crippen LogP) is 7.13. The van der Waals surface area contributed by atoms with Crippen LogP contribution in [-0.2, 0) is 22.6 Å². The van der Waals surface area contributed by atoms with Crippen LogP contribution in [0.25, 0.3) is 16.0 Å². The minimum Gasteiger partial charge on any atom is -0.507 e. The van der Waals surface area contributed by atoms with Gasteiger partial charge in [0.05, 0.1) is 21.8 Å². The molecule has 1 amide bonds. The summed E-state index contributed by atoms with van der Waals surface area (Å²) in [7, 11) is 0. The molecule has 1 saturated heterocycles. The lowest BCUT2D eigenvalue weighted by Crippen LogP contribution is -2.29. The minimum atomic E-state index is -0.881. The Morgan fingerprint density at radius 3 is 2.60 bits per heavy atom. The monoisotopic (exact) mass is 588 g/mol. The van der Waals surface area contributed by atoms with Gasteiger partial charge >= 0.3 is 5.91 Å². The third kappa shape index (κ3) is 4.93. The number of fused-ring (bicyclic) bond motifs is 2. The fourth-order valence-corrected chi connectivity index (χ4v) is 6.77. The molecule has 2 aliphatic heterocycles. The minimum absolute atomic E-state index is 0.0188. The van der Waals surface area contributed by atoms with Crippen molar-refractivity contribution in [2.24, 2.45) is 0 Å². The Balaban J connectivity index is 1.31. The summed E-state index contributed by atoms with van der Waals surface area (Å²) in [4.78, 5) is 33.5. The summed E-state index contributed by atoms with van der Waals surface area (Å²) in [6.07, 6.45) is 0.729. The molecule has 214 valence electrons. The standard InChI is InChI=1S/C35H28N2O5S/c1-20-8-14-27-29(16-20)43-35(36-27)37-31(23-9-12-26(13-10-23)41-19-22-6-4-3-5-7-22)30(33(39)34(37)40)32(38)24-11-15-28-25(18-24)17-21(2)42-28/h3-16,18,21,31,38H,17,19H2,1-2H3. The summed E-state index contributed by atoms with van der Waals surface area (Å²) in [6, 6.07) is 27.5. The van der Waals surface area contributed by atoms with E-state index in [2.05, 4.69) is 0 Å². The maximum Gasteiger partial charge on any atom is 0.301 e. The van der Waals surface area contributed by atoms with Crippen LogP contribution in [0.2, 0.25) is 0 Å². The van der Waals surface area contributed by atoms with Gasteiger partial charge in [-0.15, -0.1) is 0 Å². The van der Waals surface area contributed by atoms with E-state index in [0.29, 0.717) is 35.0 Å². The number of hydrogen-bond donors (Lipinski definition) is 1. The van der Waals surface area contributed by atoms with Gasteiger partial charge in [0.1, 0.15) is 30.0 Å². The molecule has 8 heteroatoms. The Morgan fingerprint density at radius 1 is 1.02 bits per heavy atom. The van der Waals surface area contributed by atoms with Crippen molar-refractivity contribution in [3.8, 4) is 11.5 Å². The van der Waals surface area contributed by atoms with Crippen molar-refractivity contribution in [2.75, 3.05) is 4.90 Å². The highest BCUT2D eigenvalue weighted by molar-refractivity contribution is 7.22. The summed E-state index contributed by atoms with van der Waals surface area (Å²) in [5, 5.41) is 12.0. The van der Waals surface area contributed by atoms with Gasteiger partial charge < -0.3 is 14.6 Å². The van der Waals surface area contributed by atoms with E-state index in [1.807, 2.05) is 92.7 Å². The molecule has 0 aliphatic carbocycles. The van der Waals surface area contributed by atoms with Gasteiger partial charge in [-0.1, -0.05) is 59.9 Å². The molecule has 0 bridgehead atoms. The van der Waals surface area contributed by atoms with Gasteiger partial charge in [-0.2, -0.15) is 0 Å². The maximum atomic E-state index is 13.7. The molecule has 1 fully saturated rings. The van der Waals surface area contributed by atoms with E-state index in [1.54, 1.807) is 12.1 Å². The number of ketones is 1. The van der Waals surface area contributed by atoms with Gasteiger partial charge in [0, 0.05) is 12.0 Å². The Kier molecular flexibility index (Phi) is 6.70. The number of aryl methyl sites for hydroxylation is 1. The summed E-state index contributed by atoms with van der Waals surface area (Å²) < 4.78 is 12.7. The van der Waals surface area contributed by atoms with Gasteiger partial charge in [-0.3, -0.25) is 14.5 Å². The zero-order chi connectivity index (χ0) is 29.7. The van der Waals surface area contributed by atoms with E-state index in [4.69, 9.17) is 14.5 Å². The normalized spacial score (nSPS) is 19.1. The number of ether oxygens (including phenoxy) is 2. The molecule has 3 heterocycles. The molecule has 2 unspecified atom stereocenters. The zero-order valence-electron chi connectivity index (χ0n) is 23.6. The quantitative estimate of drug-likeness (QED) is 0.129. The number of nitrogens with zero attached hydrogens (tertiary/aromatic N) is 2. The van der Waals surface area contributed by atoms with Crippen LogP contribution in [-0.4, -0.2) is 27.9 Å². The molecular weight excluding hydrogens is 560 g/mol. The first-order valence-electron chi connectivity index (χ1n) is 14.1. The molecule has 1 aromatic heterocycles. The Bertz CT molecular complexity index is 1910. The van der Waals surface area contributed by atoms with Crippen molar-refractivity contribution in [2.45, 2.75) is 39.0 Å². The highest BCUT2D eigenvalue weighted by Gasteiger charge is 2.48. The Morgan fingerprint density at radius 2 is 1.81 bits per heavy atom. The van der Waals surface area contributed by atoms with Gasteiger partial charge in [0.15, 0.2) is 5.13 Å². The lowest BCUT2D eigenvalue weighted by atomic mass is 9.94. The van der Waals surface area contributed by atoms with Crippen LogP contribution in [0.4, 0.5) is 5.13 Å². The Hall–Kier alpha value is -4.95. The van der Waals surface area contributed by atoms with E-state index in [9.17, 15) is 14.7 Å². The number of Topliss-reactive ketones (excluding diaryl/α,β-unsaturated/α-hetero) is 1. The molecule has 2 aliphatic rings. The molecule has 0 radical (unpaired) electrons. The number of thiazole rings is 1. The number of anilines is 1. The van der Waals surface area contributed by atoms with Gasteiger partial charge in [0.25, 0.3) is 5.78 Å². The second-order valence-electron chi connectivity index (χ2n) is 10.9. The van der Waals surface area contributed by atoms with Gasteiger partial charge in [0.2, 0.25) is 0 Å². The number of rotatable bonds is 6. The smallest absolute Gasteiger partial charge is 0.301 e. The zero-order valence-corrected chi connectivity index (χ0v) is 24.4. The molecule has 1 N–H and O–H groups in total. The highest BCUT2D eigenvalue weighted by atomic mass is 32.1. The average Bonchev–Trinajstić information content (AvgIpc) is 3.68. The fraction of sp³-hybridized carbons (Fsp3) is 0.171. The molecule has 2 atom stereocenters. The van der Waals surface area contributed by atoms with Crippen LogP contribution in [0, 0.1) is 6.92 Å². The average molecular weight is 589 g/mol. The third-order valence-electron chi connectivity index (χ3n) is 7.80. The van der Waals surface area contributed by atoms with Crippen molar-refractivity contribution in [1.82, 2.24) is 4.98 Å². The summed E-state index contributed by atoms with van der Waals surface area (Å²) >= 11 is 1.34. The molecule has 4 aromatic carbocycles. The van der Waals surface area contributed by atoms with E-state index >= 15 is 0 Å². The van der Waals surface area contributed by atoms with Crippen molar-refractivity contribution in [3.63, 3.8) is 0 Å². The number of benzene rings is 4. The molecule has 0 saturated carbocycles. The number of aliphatic hydroxyl groups is 1. The van der Waals surface area contributed by atoms with E-state index in [1.165, 1.54) is 16.2 Å². The number of aromatic nitrogens is 1. The summed E-state index contributed by atoms with van der Waals surface area (Å²) in [6.45, 7) is 4.39. The van der Waals surface area contributed by atoms with Crippen LogP contribution in [0.5, 0.6) is 11.5 Å². The molecule has 5 aromatic rings. The van der Waals surface area contributed by atoms with Crippen molar-refractivity contribution in [1.29, 1.82) is 0 Å². The number of aliphatic hydroxyl groups excluding tert-OH is 1. The van der Waals surface area contributed by atoms with E-state index < -0.39 is 17.7 Å². The van der Waals surface area contributed by atoms with E-state index in [0.717, 1.165) is 32.7 Å². The highest BCUT2D eigenvalue weighted by Crippen LogP contribution is 2.45. The first kappa shape index (κ1) is 26.9. The third-order valence-corrected chi connectivity index (χ3v) is 8.81. The predicted molar refractivity (Wildman–Crippen MR) is 167 cm³/mol.